The molecule has 7 heteroatoms. The molecule has 0 spiro atoms. The second-order valence-corrected chi connectivity index (χ2v) is 15.4. The molecule has 0 aliphatic carbocycles. The third-order valence-electron chi connectivity index (χ3n) is 6.99. The van der Waals surface area contributed by atoms with Crippen LogP contribution in [0.5, 0.6) is 0 Å². The summed E-state index contributed by atoms with van der Waals surface area (Å²) >= 11 is 0.149. The Bertz CT molecular complexity index is 803. The van der Waals surface area contributed by atoms with E-state index in [0.717, 1.165) is 12.8 Å². The molecule has 0 amide bonds. The van der Waals surface area contributed by atoms with Gasteiger partial charge >= 0.3 is 87.5 Å². The summed E-state index contributed by atoms with van der Waals surface area (Å²) in [5.74, 6) is -3.18. The Labute approximate surface area is 273 Å². The Morgan fingerprint density at radius 1 is 0.581 bits per heavy atom. The van der Waals surface area contributed by atoms with Crippen molar-refractivity contribution >= 4 is 44.6 Å². The molecule has 0 saturated heterocycles. The van der Waals surface area contributed by atoms with Crippen LogP contribution in [-0.2, 0) is 14.4 Å². The van der Waals surface area contributed by atoms with Crippen molar-refractivity contribution in [1.82, 2.24) is 0 Å². The van der Waals surface area contributed by atoms with Gasteiger partial charge in [0.25, 0.3) is 0 Å². The van der Waals surface area contributed by atoms with Gasteiger partial charge in [0.1, 0.15) is 0 Å². The van der Waals surface area contributed by atoms with Gasteiger partial charge < -0.3 is 15.3 Å². The first-order chi connectivity index (χ1) is 20.8. The molecule has 0 atom stereocenters. The zero-order valence-electron chi connectivity index (χ0n) is 27.6. The van der Waals surface area contributed by atoms with Crippen LogP contribution in [0.3, 0.4) is 0 Å². The third kappa shape index (κ3) is 34.5. The topological polar surface area (TPSA) is 112 Å². The minimum absolute atomic E-state index is 0.149. The molecule has 0 aliphatic heterocycles. The third-order valence-corrected chi connectivity index (χ3v) is 11.0. The standard InChI is InChI=1S/C18H36O2.C10H8O4.2C4H9.Sn/c1-2-3-4-5-6-7-8-9-10-11-12-13-14-15-16-17-18(19)20;11-9(12)6-8(10(13)14)7-4-2-1-3-5-7;2*1-3-4-2;/h2-17H2,1H3,(H,19,20);1-6H,(H,11,12)(H,13,14);2*1,3-4H2,2H3;. The summed E-state index contributed by atoms with van der Waals surface area (Å²) in [6.07, 6.45) is 26.7. The molecule has 0 heterocycles. The van der Waals surface area contributed by atoms with E-state index in [1.54, 1.807) is 39.2 Å². The van der Waals surface area contributed by atoms with Gasteiger partial charge in [0.2, 0.25) is 0 Å². The van der Waals surface area contributed by atoms with Gasteiger partial charge in [-0.15, -0.1) is 0 Å². The van der Waals surface area contributed by atoms with Gasteiger partial charge in [0, 0.05) is 12.5 Å². The van der Waals surface area contributed by atoms with Crippen LogP contribution in [0.15, 0.2) is 36.4 Å². The largest absolute Gasteiger partial charge is 0.478 e. The van der Waals surface area contributed by atoms with Crippen LogP contribution in [0.4, 0.5) is 0 Å². The van der Waals surface area contributed by atoms with E-state index in [9.17, 15) is 14.4 Å². The molecule has 0 aromatic heterocycles. The van der Waals surface area contributed by atoms with Crippen LogP contribution in [0.2, 0.25) is 8.87 Å². The number of hydrogen-bond acceptors (Lipinski definition) is 3. The van der Waals surface area contributed by atoms with Crippen molar-refractivity contribution in [1.29, 1.82) is 0 Å². The maximum absolute atomic E-state index is 10.7. The van der Waals surface area contributed by atoms with Gasteiger partial charge in [-0.25, -0.2) is 9.59 Å². The quantitative estimate of drug-likeness (QED) is 0.0529. The van der Waals surface area contributed by atoms with E-state index in [1.807, 2.05) is 0 Å². The fourth-order valence-electron chi connectivity index (χ4n) is 4.39. The smallest absolute Gasteiger partial charge is 0.336 e. The first-order valence-corrected chi connectivity index (χ1v) is 21.0. The predicted octanol–water partition coefficient (Wildman–Crippen LogP) is 10.7. The van der Waals surface area contributed by atoms with Crippen LogP contribution < -0.4 is 0 Å². The normalized spacial score (nSPS) is 10.7. The minimum Gasteiger partial charge on any atom is -0.478 e. The summed E-state index contributed by atoms with van der Waals surface area (Å²) in [6.45, 7) is 6.85. The molecule has 0 unspecified atom stereocenters. The van der Waals surface area contributed by atoms with Crippen LogP contribution in [0, 0.1) is 0 Å². The van der Waals surface area contributed by atoms with Gasteiger partial charge in [-0.2, -0.15) is 0 Å². The molecule has 6 nitrogen and oxygen atoms in total. The van der Waals surface area contributed by atoms with E-state index >= 15 is 0 Å². The van der Waals surface area contributed by atoms with Crippen molar-refractivity contribution < 1.29 is 29.7 Å². The SMILES string of the molecule is CCCCCCCCCCCCCCCCCC(=O)O.CCC[CH2][Sn][CH2]CCC.O=C(O)C=C(C(=O)O)c1ccccc1. The number of rotatable bonds is 25. The van der Waals surface area contributed by atoms with Gasteiger partial charge in [0.15, 0.2) is 0 Å². The predicted molar refractivity (Wildman–Crippen MR) is 182 cm³/mol. The van der Waals surface area contributed by atoms with E-state index < -0.39 is 17.9 Å². The van der Waals surface area contributed by atoms with E-state index in [4.69, 9.17) is 15.3 Å². The van der Waals surface area contributed by atoms with Crippen molar-refractivity contribution in [3.8, 4) is 0 Å². The van der Waals surface area contributed by atoms with E-state index in [-0.39, 0.29) is 26.7 Å². The summed E-state index contributed by atoms with van der Waals surface area (Å²) in [4.78, 5) is 31.4. The summed E-state index contributed by atoms with van der Waals surface area (Å²) < 4.78 is 3.25. The molecule has 0 saturated carbocycles. The molecule has 0 bridgehead atoms. The van der Waals surface area contributed by atoms with Gasteiger partial charge in [-0.1, -0.05) is 127 Å². The van der Waals surface area contributed by atoms with Crippen LogP contribution in [0.25, 0.3) is 5.57 Å². The Morgan fingerprint density at radius 2 is 0.977 bits per heavy atom. The summed E-state index contributed by atoms with van der Waals surface area (Å²) in [6, 6.07) is 8.11. The maximum Gasteiger partial charge on any atom is 0.336 e. The number of carbonyl (C=O) groups is 3. The van der Waals surface area contributed by atoms with Crippen molar-refractivity contribution in [3.63, 3.8) is 0 Å². The number of unbranched alkanes of at least 4 members (excludes halogenated alkanes) is 16. The van der Waals surface area contributed by atoms with E-state index in [2.05, 4.69) is 20.8 Å². The molecule has 1 aromatic carbocycles. The van der Waals surface area contributed by atoms with Crippen molar-refractivity contribution in [2.24, 2.45) is 0 Å². The first-order valence-electron chi connectivity index (χ1n) is 17.0. The molecule has 246 valence electrons. The van der Waals surface area contributed by atoms with E-state index in [0.29, 0.717) is 18.1 Å². The summed E-state index contributed by atoms with van der Waals surface area (Å²) in [7, 11) is 0. The second kappa shape index (κ2) is 34.7. The number of carboxylic acid groups (broad SMARTS) is 3. The van der Waals surface area contributed by atoms with Crippen molar-refractivity contribution in [3.05, 3.63) is 42.0 Å². The second-order valence-electron chi connectivity index (χ2n) is 11.1. The maximum atomic E-state index is 10.7. The Kier molecular flexibility index (Phi) is 34.9. The van der Waals surface area contributed by atoms with E-state index in [1.165, 1.54) is 109 Å². The average molecular weight is 710 g/mol. The fraction of sp³-hybridized carbons (Fsp3) is 0.694. The molecule has 0 aliphatic rings. The zero-order valence-corrected chi connectivity index (χ0v) is 30.4. The van der Waals surface area contributed by atoms with Gasteiger partial charge in [-0.05, 0) is 12.0 Å². The van der Waals surface area contributed by atoms with Crippen molar-refractivity contribution in [2.75, 3.05) is 0 Å². The molecule has 0 fully saturated rings. The Balaban J connectivity index is 0. The number of aliphatic carboxylic acids is 3. The molecular formula is C36H62O6Sn. The monoisotopic (exact) mass is 710 g/mol. The van der Waals surface area contributed by atoms with Gasteiger partial charge in [-0.3, -0.25) is 4.79 Å². The molecule has 3 N–H and O–H groups in total. The Hall–Kier alpha value is -1.83. The van der Waals surface area contributed by atoms with Crippen LogP contribution in [0.1, 0.15) is 155 Å². The number of hydrogen-bond donors (Lipinski definition) is 3. The number of carboxylic acids is 3. The minimum atomic E-state index is -1.27. The first kappa shape index (κ1) is 43.3. The van der Waals surface area contributed by atoms with Crippen LogP contribution >= 0.6 is 0 Å². The summed E-state index contributed by atoms with van der Waals surface area (Å²) in [5, 5.41) is 25.7. The molecule has 1 aromatic rings. The zero-order chi connectivity index (χ0) is 32.4. The average Bonchev–Trinajstić information content (AvgIpc) is 2.98. The molecule has 2 radical (unpaired) electrons. The molecule has 1 rings (SSSR count). The van der Waals surface area contributed by atoms with Crippen LogP contribution in [-0.4, -0.2) is 54.4 Å². The van der Waals surface area contributed by atoms with Gasteiger partial charge in [0.05, 0.1) is 5.57 Å². The Morgan fingerprint density at radius 3 is 1.33 bits per heavy atom. The molecular weight excluding hydrogens is 647 g/mol. The fourth-order valence-corrected chi connectivity index (χ4v) is 8.54. The number of benzene rings is 1. The molecule has 43 heavy (non-hydrogen) atoms. The summed E-state index contributed by atoms with van der Waals surface area (Å²) in [5.41, 5.74) is 0.153. The van der Waals surface area contributed by atoms with Crippen molar-refractivity contribution in [2.45, 2.75) is 158 Å².